The molecule has 0 amide bonds. The molecule has 0 saturated heterocycles. The molecule has 0 radical (unpaired) electrons. The second-order valence-corrected chi connectivity index (χ2v) is 5.16. The first-order chi connectivity index (χ1) is 10.2. The molecular formula is C16H13BrN2O2. The van der Waals surface area contributed by atoms with Crippen LogP contribution in [0, 0.1) is 11.3 Å². The van der Waals surface area contributed by atoms with Crippen LogP contribution in [0.25, 0.3) is 0 Å². The highest BCUT2D eigenvalue weighted by Crippen LogP contribution is 2.24. The fourth-order valence-electron chi connectivity index (χ4n) is 1.90. The summed E-state index contributed by atoms with van der Waals surface area (Å²) in [6.45, 7) is 0.482. The van der Waals surface area contributed by atoms with E-state index in [9.17, 15) is 4.79 Å². The van der Waals surface area contributed by atoms with Crippen molar-refractivity contribution >= 4 is 27.6 Å². The number of rotatable bonds is 4. The van der Waals surface area contributed by atoms with Crippen LogP contribution in [-0.2, 0) is 11.3 Å². The number of esters is 1. The minimum atomic E-state index is -0.355. The van der Waals surface area contributed by atoms with Crippen LogP contribution in [-0.4, -0.2) is 13.1 Å². The smallest absolute Gasteiger partial charge is 0.338 e. The van der Waals surface area contributed by atoms with Crippen molar-refractivity contribution in [2.24, 2.45) is 0 Å². The zero-order chi connectivity index (χ0) is 15.2. The lowest BCUT2D eigenvalue weighted by Crippen LogP contribution is -2.09. The van der Waals surface area contributed by atoms with Crippen molar-refractivity contribution in [3.63, 3.8) is 0 Å². The largest absolute Gasteiger partial charge is 0.465 e. The number of nitrogens with one attached hydrogen (secondary N) is 1. The Labute approximate surface area is 131 Å². The number of benzene rings is 2. The lowest BCUT2D eigenvalue weighted by molar-refractivity contribution is 0.0599. The lowest BCUT2D eigenvalue weighted by Gasteiger charge is -2.11. The third-order valence-electron chi connectivity index (χ3n) is 2.99. The van der Waals surface area contributed by atoms with Crippen molar-refractivity contribution in [2.45, 2.75) is 6.54 Å². The fourth-order valence-corrected chi connectivity index (χ4v) is 2.42. The number of methoxy groups -OCH3 is 1. The number of nitrogens with zero attached hydrogens (tertiary/aromatic N) is 1. The highest BCUT2D eigenvalue weighted by atomic mass is 79.9. The van der Waals surface area contributed by atoms with Gasteiger partial charge in [0.1, 0.15) is 0 Å². The van der Waals surface area contributed by atoms with Gasteiger partial charge in [0.15, 0.2) is 0 Å². The number of carbonyl (C=O) groups is 1. The highest BCUT2D eigenvalue weighted by Gasteiger charge is 2.11. The van der Waals surface area contributed by atoms with Crippen molar-refractivity contribution in [1.29, 1.82) is 5.26 Å². The molecule has 0 aliphatic rings. The van der Waals surface area contributed by atoms with E-state index in [4.69, 9.17) is 10.00 Å². The van der Waals surface area contributed by atoms with Gasteiger partial charge in [-0.2, -0.15) is 5.26 Å². The molecule has 0 spiro atoms. The van der Waals surface area contributed by atoms with Gasteiger partial charge in [0.2, 0.25) is 0 Å². The summed E-state index contributed by atoms with van der Waals surface area (Å²) >= 11 is 3.42. The Bertz CT molecular complexity index is 708. The number of halogens is 1. The second-order valence-electron chi connectivity index (χ2n) is 4.31. The molecule has 0 unspecified atom stereocenters. The minimum absolute atomic E-state index is 0.355. The zero-order valence-electron chi connectivity index (χ0n) is 11.4. The van der Waals surface area contributed by atoms with Gasteiger partial charge in [0.05, 0.1) is 24.3 Å². The van der Waals surface area contributed by atoms with Gasteiger partial charge in [-0.1, -0.05) is 18.2 Å². The quantitative estimate of drug-likeness (QED) is 0.858. The van der Waals surface area contributed by atoms with E-state index in [1.807, 2.05) is 18.2 Å². The molecule has 2 aromatic carbocycles. The predicted octanol–water partition coefficient (Wildman–Crippen LogP) is 3.72. The van der Waals surface area contributed by atoms with E-state index in [1.54, 1.807) is 24.3 Å². The molecule has 5 heteroatoms. The Kier molecular flexibility index (Phi) is 4.96. The van der Waals surface area contributed by atoms with Crippen LogP contribution < -0.4 is 5.32 Å². The molecule has 2 rings (SSSR count). The van der Waals surface area contributed by atoms with E-state index in [0.29, 0.717) is 17.7 Å². The first-order valence-corrected chi connectivity index (χ1v) is 7.04. The summed E-state index contributed by atoms with van der Waals surface area (Å²) in [5, 5.41) is 12.1. The van der Waals surface area contributed by atoms with Crippen LogP contribution in [0.4, 0.5) is 5.69 Å². The van der Waals surface area contributed by atoms with Crippen LogP contribution in [0.5, 0.6) is 0 Å². The number of hydrogen-bond donors (Lipinski definition) is 1. The molecule has 1 N–H and O–H groups in total. The van der Waals surface area contributed by atoms with E-state index in [0.717, 1.165) is 15.7 Å². The van der Waals surface area contributed by atoms with Gasteiger partial charge in [0, 0.05) is 16.7 Å². The normalized spacial score (nSPS) is 9.76. The van der Waals surface area contributed by atoms with Gasteiger partial charge >= 0.3 is 5.97 Å². The van der Waals surface area contributed by atoms with Crippen molar-refractivity contribution in [3.05, 3.63) is 63.6 Å². The summed E-state index contributed by atoms with van der Waals surface area (Å²) in [6, 6.07) is 14.7. The van der Waals surface area contributed by atoms with Crippen molar-refractivity contribution < 1.29 is 9.53 Å². The van der Waals surface area contributed by atoms with Crippen LogP contribution >= 0.6 is 15.9 Å². The summed E-state index contributed by atoms with van der Waals surface area (Å²) in [6.07, 6.45) is 0. The topological polar surface area (TPSA) is 62.1 Å². The molecule has 0 aliphatic carbocycles. The highest BCUT2D eigenvalue weighted by molar-refractivity contribution is 9.10. The maximum Gasteiger partial charge on any atom is 0.338 e. The molecule has 0 atom stereocenters. The summed E-state index contributed by atoms with van der Waals surface area (Å²) < 4.78 is 5.57. The average molecular weight is 345 g/mol. The number of anilines is 1. The molecule has 21 heavy (non-hydrogen) atoms. The van der Waals surface area contributed by atoms with Crippen LogP contribution in [0.15, 0.2) is 46.9 Å². The maximum atomic E-state index is 11.7. The molecule has 0 bridgehead atoms. The molecule has 106 valence electrons. The Morgan fingerprint density at radius 1 is 1.33 bits per heavy atom. The number of nitriles is 1. The summed E-state index contributed by atoms with van der Waals surface area (Å²) in [5.41, 5.74) is 2.83. The van der Waals surface area contributed by atoms with Crippen molar-refractivity contribution in [3.8, 4) is 6.07 Å². The Hall–Kier alpha value is -2.32. The molecule has 2 aromatic rings. The van der Waals surface area contributed by atoms with Crippen molar-refractivity contribution in [2.75, 3.05) is 12.4 Å². The van der Waals surface area contributed by atoms with E-state index in [2.05, 4.69) is 27.3 Å². The van der Waals surface area contributed by atoms with E-state index in [1.165, 1.54) is 7.11 Å². The molecular weight excluding hydrogens is 332 g/mol. The van der Waals surface area contributed by atoms with Crippen LogP contribution in [0.2, 0.25) is 0 Å². The Morgan fingerprint density at radius 2 is 2.10 bits per heavy atom. The standard InChI is InChI=1S/C16H13BrN2O2/c1-21-16(20)13-5-3-2-4-12(13)10-19-15-7-6-11(9-18)8-14(15)17/h2-8,19H,10H2,1H3. The van der Waals surface area contributed by atoms with Gasteiger partial charge < -0.3 is 10.1 Å². The van der Waals surface area contributed by atoms with E-state index >= 15 is 0 Å². The first-order valence-electron chi connectivity index (χ1n) is 6.25. The third kappa shape index (κ3) is 3.61. The molecule has 4 nitrogen and oxygen atoms in total. The molecule has 0 aromatic heterocycles. The second kappa shape index (κ2) is 6.91. The van der Waals surface area contributed by atoms with Gasteiger partial charge in [-0.05, 0) is 45.8 Å². The molecule has 0 fully saturated rings. The number of ether oxygens (including phenoxy) is 1. The Balaban J connectivity index is 2.17. The van der Waals surface area contributed by atoms with Gasteiger partial charge in [0.25, 0.3) is 0 Å². The summed E-state index contributed by atoms with van der Waals surface area (Å²) in [5.74, 6) is -0.355. The monoisotopic (exact) mass is 344 g/mol. The summed E-state index contributed by atoms with van der Waals surface area (Å²) in [7, 11) is 1.36. The Morgan fingerprint density at radius 3 is 2.76 bits per heavy atom. The van der Waals surface area contributed by atoms with Gasteiger partial charge in [-0.15, -0.1) is 0 Å². The third-order valence-corrected chi connectivity index (χ3v) is 3.65. The van der Waals surface area contributed by atoms with E-state index in [-0.39, 0.29) is 5.97 Å². The summed E-state index contributed by atoms with van der Waals surface area (Å²) in [4.78, 5) is 11.7. The zero-order valence-corrected chi connectivity index (χ0v) is 13.0. The first kappa shape index (κ1) is 15.1. The molecule has 0 heterocycles. The van der Waals surface area contributed by atoms with Gasteiger partial charge in [-0.3, -0.25) is 0 Å². The minimum Gasteiger partial charge on any atom is -0.465 e. The molecule has 0 saturated carbocycles. The van der Waals surface area contributed by atoms with E-state index < -0.39 is 0 Å². The van der Waals surface area contributed by atoms with Crippen LogP contribution in [0.3, 0.4) is 0 Å². The number of hydrogen-bond acceptors (Lipinski definition) is 4. The predicted molar refractivity (Wildman–Crippen MR) is 84.0 cm³/mol. The number of carbonyl (C=O) groups excluding carboxylic acids is 1. The van der Waals surface area contributed by atoms with Crippen molar-refractivity contribution in [1.82, 2.24) is 0 Å². The maximum absolute atomic E-state index is 11.7. The molecule has 0 aliphatic heterocycles. The van der Waals surface area contributed by atoms with Gasteiger partial charge in [-0.25, -0.2) is 4.79 Å². The SMILES string of the molecule is COC(=O)c1ccccc1CNc1ccc(C#N)cc1Br. The fraction of sp³-hybridized carbons (Fsp3) is 0.125. The van der Waals surface area contributed by atoms with Crippen LogP contribution in [0.1, 0.15) is 21.5 Å². The lowest BCUT2D eigenvalue weighted by atomic mass is 10.1. The average Bonchev–Trinajstić information content (AvgIpc) is 2.53.